The van der Waals surface area contributed by atoms with Gasteiger partial charge in [0.1, 0.15) is 11.6 Å². The highest BCUT2D eigenvalue weighted by atomic mass is 32.2. The number of aryl methyl sites for hydroxylation is 1. The van der Waals surface area contributed by atoms with E-state index < -0.39 is 0 Å². The fourth-order valence-corrected chi connectivity index (χ4v) is 2.63. The van der Waals surface area contributed by atoms with Gasteiger partial charge in [0.25, 0.3) is 0 Å². The van der Waals surface area contributed by atoms with E-state index in [9.17, 15) is 0 Å². The largest absolute Gasteiger partial charge is 0.396 e. The summed E-state index contributed by atoms with van der Waals surface area (Å²) in [5.74, 6) is 3.34. The second-order valence-corrected chi connectivity index (χ2v) is 5.66. The lowest BCUT2D eigenvalue weighted by molar-refractivity contribution is 0.296. The lowest BCUT2D eigenvalue weighted by atomic mass is 10.3. The minimum absolute atomic E-state index is 0.234. The summed E-state index contributed by atoms with van der Waals surface area (Å²) in [6.45, 7) is 3.25. The molecule has 0 amide bonds. The van der Waals surface area contributed by atoms with Crippen LogP contribution in [0.5, 0.6) is 0 Å². The number of fused-ring (bicyclic) bond motifs is 1. The molecule has 0 saturated heterocycles. The minimum Gasteiger partial charge on any atom is -0.396 e. The number of nitrogens with zero attached hydrogens (tertiary/aromatic N) is 4. The molecule has 0 saturated carbocycles. The molecule has 0 aliphatic carbocycles. The summed E-state index contributed by atoms with van der Waals surface area (Å²) in [5, 5.41) is 17.3. The van der Waals surface area contributed by atoms with E-state index in [0.29, 0.717) is 0 Å². The fraction of sp³-hybridized carbons (Fsp3) is 0.615. The Labute approximate surface area is 123 Å². The predicted octanol–water partition coefficient (Wildman–Crippen LogP) is 1.80. The van der Waals surface area contributed by atoms with Crippen molar-refractivity contribution in [2.75, 3.05) is 24.2 Å². The topological polar surface area (TPSA) is 75.9 Å². The van der Waals surface area contributed by atoms with E-state index in [1.54, 1.807) is 22.6 Å². The summed E-state index contributed by atoms with van der Waals surface area (Å²) in [4.78, 5) is 9.16. The van der Waals surface area contributed by atoms with Gasteiger partial charge < -0.3 is 10.4 Å². The molecule has 0 aliphatic rings. The Balaban J connectivity index is 2.19. The van der Waals surface area contributed by atoms with Crippen LogP contribution in [0.4, 0.5) is 5.82 Å². The molecule has 0 unspecified atom stereocenters. The Bertz CT molecular complexity index is 557. The SMILES string of the molecule is CCCNc1nc(CSCCCO)nc2c1cnn2C. The number of nitrogens with one attached hydrogen (secondary N) is 1. The molecule has 7 heteroatoms. The number of anilines is 1. The first-order valence-electron chi connectivity index (χ1n) is 6.87. The van der Waals surface area contributed by atoms with Crippen LogP contribution in [-0.4, -0.2) is 43.8 Å². The van der Waals surface area contributed by atoms with Gasteiger partial charge in [0.05, 0.1) is 17.3 Å². The summed E-state index contributed by atoms with van der Waals surface area (Å²) in [6.07, 6.45) is 3.65. The number of hydrogen-bond donors (Lipinski definition) is 2. The zero-order valence-corrected chi connectivity index (χ0v) is 12.8. The van der Waals surface area contributed by atoms with E-state index in [2.05, 4.69) is 27.3 Å². The summed E-state index contributed by atoms with van der Waals surface area (Å²) in [7, 11) is 1.89. The zero-order valence-electron chi connectivity index (χ0n) is 12.0. The number of rotatable bonds is 8. The van der Waals surface area contributed by atoms with Gasteiger partial charge in [-0.2, -0.15) is 16.9 Å². The molecule has 6 nitrogen and oxygen atoms in total. The van der Waals surface area contributed by atoms with Gasteiger partial charge >= 0.3 is 0 Å². The van der Waals surface area contributed by atoms with Crippen LogP contribution in [0, 0.1) is 0 Å². The Hall–Kier alpha value is -1.34. The van der Waals surface area contributed by atoms with Gasteiger partial charge in [-0.1, -0.05) is 6.92 Å². The maximum atomic E-state index is 8.79. The van der Waals surface area contributed by atoms with Crippen molar-refractivity contribution in [3.05, 3.63) is 12.0 Å². The second kappa shape index (κ2) is 7.44. The summed E-state index contributed by atoms with van der Waals surface area (Å²) in [5.41, 5.74) is 0.858. The van der Waals surface area contributed by atoms with Crippen molar-refractivity contribution in [1.29, 1.82) is 0 Å². The third-order valence-corrected chi connectivity index (χ3v) is 3.90. The summed E-state index contributed by atoms with van der Waals surface area (Å²) in [6, 6.07) is 0. The maximum absolute atomic E-state index is 8.79. The highest BCUT2D eigenvalue weighted by molar-refractivity contribution is 7.98. The number of aliphatic hydroxyl groups excluding tert-OH is 1. The Morgan fingerprint density at radius 3 is 3.00 bits per heavy atom. The fourth-order valence-electron chi connectivity index (χ4n) is 1.84. The lowest BCUT2D eigenvalue weighted by Gasteiger charge is -2.08. The molecule has 2 N–H and O–H groups in total. The number of hydrogen-bond acceptors (Lipinski definition) is 6. The van der Waals surface area contributed by atoms with E-state index in [0.717, 1.165) is 53.6 Å². The minimum atomic E-state index is 0.234. The molecule has 2 rings (SSSR count). The van der Waals surface area contributed by atoms with Gasteiger partial charge in [-0.3, -0.25) is 4.68 Å². The summed E-state index contributed by atoms with van der Waals surface area (Å²) < 4.78 is 1.77. The molecule has 20 heavy (non-hydrogen) atoms. The first-order valence-corrected chi connectivity index (χ1v) is 8.02. The molecule has 0 aliphatic heterocycles. The number of aliphatic hydroxyl groups is 1. The Morgan fingerprint density at radius 1 is 1.40 bits per heavy atom. The van der Waals surface area contributed by atoms with Crippen LogP contribution in [0.3, 0.4) is 0 Å². The molecule has 110 valence electrons. The van der Waals surface area contributed by atoms with E-state index in [-0.39, 0.29) is 6.61 Å². The van der Waals surface area contributed by atoms with Crippen LogP contribution in [0.25, 0.3) is 11.0 Å². The lowest BCUT2D eigenvalue weighted by Crippen LogP contribution is -2.06. The quantitative estimate of drug-likeness (QED) is 0.723. The highest BCUT2D eigenvalue weighted by Crippen LogP contribution is 2.21. The molecule has 0 spiro atoms. The Morgan fingerprint density at radius 2 is 2.25 bits per heavy atom. The molecule has 2 aromatic rings. The molecular weight excluding hydrogens is 274 g/mol. The third kappa shape index (κ3) is 3.61. The van der Waals surface area contributed by atoms with Crippen molar-refractivity contribution >= 4 is 28.6 Å². The monoisotopic (exact) mass is 295 g/mol. The van der Waals surface area contributed by atoms with Crippen LogP contribution in [0.1, 0.15) is 25.6 Å². The van der Waals surface area contributed by atoms with Gasteiger partial charge in [-0.15, -0.1) is 0 Å². The highest BCUT2D eigenvalue weighted by Gasteiger charge is 2.11. The van der Waals surface area contributed by atoms with Gasteiger partial charge in [0.2, 0.25) is 0 Å². The molecule has 2 heterocycles. The van der Waals surface area contributed by atoms with E-state index in [1.807, 2.05) is 7.05 Å². The normalized spacial score (nSPS) is 11.2. The first kappa shape index (κ1) is 15.1. The van der Waals surface area contributed by atoms with Crippen molar-refractivity contribution in [2.45, 2.75) is 25.5 Å². The van der Waals surface area contributed by atoms with Crippen LogP contribution >= 0.6 is 11.8 Å². The van der Waals surface area contributed by atoms with Gasteiger partial charge in [0.15, 0.2) is 5.65 Å². The number of thioether (sulfide) groups is 1. The molecule has 0 bridgehead atoms. The Kier molecular flexibility index (Phi) is 5.60. The number of aromatic nitrogens is 4. The van der Waals surface area contributed by atoms with Gasteiger partial charge in [-0.05, 0) is 18.6 Å². The van der Waals surface area contributed by atoms with Crippen molar-refractivity contribution < 1.29 is 5.11 Å². The van der Waals surface area contributed by atoms with E-state index in [1.165, 1.54) is 0 Å². The predicted molar refractivity (Wildman–Crippen MR) is 82.9 cm³/mol. The molecular formula is C13H21N5OS. The van der Waals surface area contributed by atoms with Crippen molar-refractivity contribution in [3.8, 4) is 0 Å². The van der Waals surface area contributed by atoms with E-state index >= 15 is 0 Å². The molecule has 0 atom stereocenters. The van der Waals surface area contributed by atoms with Crippen molar-refractivity contribution in [3.63, 3.8) is 0 Å². The average molecular weight is 295 g/mol. The summed E-state index contributed by atoms with van der Waals surface area (Å²) >= 11 is 1.74. The van der Waals surface area contributed by atoms with Crippen LogP contribution in [-0.2, 0) is 12.8 Å². The molecule has 0 aromatic carbocycles. The van der Waals surface area contributed by atoms with Crippen molar-refractivity contribution in [2.24, 2.45) is 7.05 Å². The smallest absolute Gasteiger partial charge is 0.163 e. The average Bonchev–Trinajstić information content (AvgIpc) is 2.83. The molecule has 0 radical (unpaired) electrons. The van der Waals surface area contributed by atoms with Crippen LogP contribution in [0.2, 0.25) is 0 Å². The zero-order chi connectivity index (χ0) is 14.4. The second-order valence-electron chi connectivity index (χ2n) is 4.55. The van der Waals surface area contributed by atoms with E-state index in [4.69, 9.17) is 5.11 Å². The van der Waals surface area contributed by atoms with Gasteiger partial charge in [0, 0.05) is 20.2 Å². The molecule has 2 aromatic heterocycles. The standard InChI is InChI=1S/C13H21N5OS/c1-3-5-14-12-10-8-15-18(2)13(10)17-11(16-12)9-20-7-4-6-19/h8,19H,3-7,9H2,1-2H3,(H,14,16,17). The van der Waals surface area contributed by atoms with Crippen molar-refractivity contribution in [1.82, 2.24) is 19.7 Å². The van der Waals surface area contributed by atoms with Crippen LogP contribution < -0.4 is 5.32 Å². The molecule has 0 fully saturated rings. The maximum Gasteiger partial charge on any atom is 0.163 e. The third-order valence-electron chi connectivity index (χ3n) is 2.86. The first-order chi connectivity index (χ1) is 9.76. The van der Waals surface area contributed by atoms with Gasteiger partial charge in [-0.25, -0.2) is 9.97 Å². The van der Waals surface area contributed by atoms with Crippen LogP contribution in [0.15, 0.2) is 6.20 Å².